The molecule has 4 aliphatic rings. The maximum Gasteiger partial charge on any atom is 0.410 e. The summed E-state index contributed by atoms with van der Waals surface area (Å²) in [5.74, 6) is 0.692. The van der Waals surface area contributed by atoms with Crippen molar-refractivity contribution < 1.29 is 19.1 Å². The van der Waals surface area contributed by atoms with Gasteiger partial charge in [-0.2, -0.15) is 0 Å². The standard InChI is InChI=1S/C26H37N3O4/c1-19(30)27-24-16-26(23-5-3-2-4-22(23)24)9-13-28(14-10-26)17-20-6-11-29(12-7-20)25(31)33-21-8-15-32-18-21/h2-5,20-21,24H,6-18H2,1H3,(H,27,30)/t21-,24+/m1/s1. The van der Waals surface area contributed by atoms with Crippen molar-refractivity contribution in [1.82, 2.24) is 15.1 Å². The highest BCUT2D eigenvalue weighted by molar-refractivity contribution is 5.74. The molecular weight excluding hydrogens is 418 g/mol. The van der Waals surface area contributed by atoms with E-state index in [1.54, 1.807) is 6.92 Å². The van der Waals surface area contributed by atoms with Gasteiger partial charge in [-0.1, -0.05) is 24.3 Å². The molecular formula is C26H37N3O4. The van der Waals surface area contributed by atoms with Crippen LogP contribution >= 0.6 is 0 Å². The number of nitrogens with zero attached hydrogens (tertiary/aromatic N) is 2. The maximum atomic E-state index is 12.4. The first-order valence-corrected chi connectivity index (χ1v) is 12.6. The van der Waals surface area contributed by atoms with E-state index in [1.165, 1.54) is 11.1 Å². The minimum absolute atomic E-state index is 0.0519. The van der Waals surface area contributed by atoms with E-state index in [4.69, 9.17) is 9.47 Å². The van der Waals surface area contributed by atoms with Crippen LogP contribution in [0.4, 0.5) is 4.79 Å². The molecule has 1 N–H and O–H groups in total. The number of carbonyl (C=O) groups is 2. The van der Waals surface area contributed by atoms with Crippen molar-refractivity contribution >= 4 is 12.0 Å². The summed E-state index contributed by atoms with van der Waals surface area (Å²) in [5.41, 5.74) is 2.95. The van der Waals surface area contributed by atoms with Crippen LogP contribution in [-0.4, -0.2) is 73.8 Å². The van der Waals surface area contributed by atoms with Gasteiger partial charge >= 0.3 is 6.09 Å². The van der Waals surface area contributed by atoms with Crippen molar-refractivity contribution in [3.05, 3.63) is 35.4 Å². The number of benzene rings is 1. The fraction of sp³-hybridized carbons (Fsp3) is 0.692. The zero-order chi connectivity index (χ0) is 22.8. The summed E-state index contributed by atoms with van der Waals surface area (Å²) < 4.78 is 10.9. The topological polar surface area (TPSA) is 71.1 Å². The molecule has 33 heavy (non-hydrogen) atoms. The molecule has 0 radical (unpaired) electrons. The minimum Gasteiger partial charge on any atom is -0.444 e. The summed E-state index contributed by atoms with van der Waals surface area (Å²) in [7, 11) is 0. The highest BCUT2D eigenvalue weighted by Crippen LogP contribution is 2.50. The van der Waals surface area contributed by atoms with E-state index < -0.39 is 0 Å². The summed E-state index contributed by atoms with van der Waals surface area (Å²) in [6.07, 6.45) is 5.99. The van der Waals surface area contributed by atoms with Gasteiger partial charge in [-0.3, -0.25) is 4.79 Å². The molecule has 0 bridgehead atoms. The zero-order valence-corrected chi connectivity index (χ0v) is 19.8. The Balaban J connectivity index is 1.11. The molecule has 1 spiro atoms. The van der Waals surface area contributed by atoms with Crippen LogP contribution in [0.2, 0.25) is 0 Å². The van der Waals surface area contributed by atoms with E-state index in [0.29, 0.717) is 19.1 Å². The molecule has 7 nitrogen and oxygen atoms in total. The lowest BCUT2D eigenvalue weighted by molar-refractivity contribution is -0.119. The van der Waals surface area contributed by atoms with Crippen LogP contribution in [0.3, 0.4) is 0 Å². The summed E-state index contributed by atoms with van der Waals surface area (Å²) >= 11 is 0. The van der Waals surface area contributed by atoms with Crippen molar-refractivity contribution in [3.8, 4) is 0 Å². The summed E-state index contributed by atoms with van der Waals surface area (Å²) in [6, 6.07) is 8.84. The van der Waals surface area contributed by atoms with E-state index in [9.17, 15) is 9.59 Å². The third-order valence-corrected chi connectivity index (χ3v) is 8.24. The molecule has 0 saturated carbocycles. The van der Waals surface area contributed by atoms with E-state index in [2.05, 4.69) is 34.5 Å². The third kappa shape index (κ3) is 4.90. The molecule has 3 fully saturated rings. The highest BCUT2D eigenvalue weighted by atomic mass is 16.6. The molecule has 180 valence electrons. The first-order chi connectivity index (χ1) is 16.0. The van der Waals surface area contributed by atoms with E-state index >= 15 is 0 Å². The lowest BCUT2D eigenvalue weighted by Gasteiger charge is -2.42. The molecule has 1 aromatic rings. The van der Waals surface area contributed by atoms with Gasteiger partial charge in [-0.25, -0.2) is 4.79 Å². The average molecular weight is 456 g/mol. The molecule has 3 saturated heterocycles. The van der Waals surface area contributed by atoms with Crippen LogP contribution in [0.25, 0.3) is 0 Å². The number of piperidine rings is 2. The Morgan fingerprint density at radius 3 is 2.58 bits per heavy atom. The van der Waals surface area contributed by atoms with Crippen molar-refractivity contribution in [2.24, 2.45) is 5.92 Å². The van der Waals surface area contributed by atoms with Crippen LogP contribution in [0, 0.1) is 5.92 Å². The lowest BCUT2D eigenvalue weighted by Crippen LogP contribution is -2.46. The van der Waals surface area contributed by atoms with Crippen molar-refractivity contribution in [2.75, 3.05) is 45.9 Å². The van der Waals surface area contributed by atoms with Crippen LogP contribution < -0.4 is 5.32 Å². The molecule has 7 heteroatoms. The second-order valence-corrected chi connectivity index (χ2v) is 10.4. The Morgan fingerprint density at radius 1 is 1.12 bits per heavy atom. The Morgan fingerprint density at radius 2 is 1.88 bits per heavy atom. The van der Waals surface area contributed by atoms with Crippen LogP contribution in [0.1, 0.15) is 62.6 Å². The van der Waals surface area contributed by atoms with Crippen molar-refractivity contribution in [2.45, 2.75) is 63.0 Å². The second kappa shape index (κ2) is 9.63. The summed E-state index contributed by atoms with van der Waals surface area (Å²) in [6.45, 7) is 7.75. The largest absolute Gasteiger partial charge is 0.444 e. The van der Waals surface area contributed by atoms with Crippen LogP contribution in [0.15, 0.2) is 24.3 Å². The Bertz CT molecular complexity index is 853. The quantitative estimate of drug-likeness (QED) is 0.755. The normalized spacial score (nSPS) is 27.5. The van der Waals surface area contributed by atoms with Crippen molar-refractivity contribution in [3.63, 3.8) is 0 Å². The fourth-order valence-corrected chi connectivity index (χ4v) is 6.39. The van der Waals surface area contributed by atoms with E-state index in [0.717, 1.165) is 71.2 Å². The van der Waals surface area contributed by atoms with Gasteiger partial charge in [0.05, 0.1) is 19.3 Å². The first kappa shape index (κ1) is 22.7. The SMILES string of the molecule is CC(=O)N[C@H]1CC2(CCN(CC3CCN(C(=O)O[C@@H]4CCOC4)CC3)CC2)c2ccccc21. The summed E-state index contributed by atoms with van der Waals surface area (Å²) in [5, 5.41) is 3.18. The molecule has 5 rings (SSSR count). The number of fused-ring (bicyclic) bond motifs is 2. The number of nitrogens with one attached hydrogen (secondary N) is 1. The Kier molecular flexibility index (Phi) is 6.61. The molecule has 0 aromatic heterocycles. The first-order valence-electron chi connectivity index (χ1n) is 12.6. The number of ether oxygens (including phenoxy) is 2. The fourth-order valence-electron chi connectivity index (χ4n) is 6.39. The van der Waals surface area contributed by atoms with Gasteiger partial charge < -0.3 is 24.6 Å². The van der Waals surface area contributed by atoms with Crippen LogP contribution in [0.5, 0.6) is 0 Å². The molecule has 2 amide bonds. The number of hydrogen-bond donors (Lipinski definition) is 1. The summed E-state index contributed by atoms with van der Waals surface area (Å²) in [4.78, 5) is 28.6. The molecule has 3 heterocycles. The monoisotopic (exact) mass is 455 g/mol. The van der Waals surface area contributed by atoms with Crippen LogP contribution in [-0.2, 0) is 19.7 Å². The Labute approximate surface area is 196 Å². The average Bonchev–Trinajstić information content (AvgIpc) is 3.43. The molecule has 1 aromatic carbocycles. The molecule has 0 unspecified atom stereocenters. The maximum absolute atomic E-state index is 12.4. The smallest absolute Gasteiger partial charge is 0.410 e. The minimum atomic E-state index is -0.169. The molecule has 3 aliphatic heterocycles. The number of likely N-dealkylation sites (tertiary alicyclic amines) is 2. The molecule has 1 aliphatic carbocycles. The number of rotatable bonds is 4. The van der Waals surface area contributed by atoms with Gasteiger partial charge in [0.2, 0.25) is 5.91 Å². The highest BCUT2D eigenvalue weighted by Gasteiger charge is 2.45. The predicted octanol–water partition coefficient (Wildman–Crippen LogP) is 3.24. The lowest BCUT2D eigenvalue weighted by atomic mass is 9.73. The number of carbonyl (C=O) groups excluding carboxylic acids is 2. The van der Waals surface area contributed by atoms with E-state index in [1.807, 2.05) is 4.90 Å². The van der Waals surface area contributed by atoms with Gasteiger partial charge in [0.1, 0.15) is 6.10 Å². The van der Waals surface area contributed by atoms with Gasteiger partial charge in [0.25, 0.3) is 0 Å². The van der Waals surface area contributed by atoms with Gasteiger partial charge in [0, 0.05) is 38.4 Å². The van der Waals surface area contributed by atoms with Gasteiger partial charge in [-0.15, -0.1) is 0 Å². The Hall–Kier alpha value is -2.12. The molecule has 2 atom stereocenters. The van der Waals surface area contributed by atoms with E-state index in [-0.39, 0.29) is 29.6 Å². The van der Waals surface area contributed by atoms with Crippen molar-refractivity contribution in [1.29, 1.82) is 0 Å². The van der Waals surface area contributed by atoms with Gasteiger partial charge in [-0.05, 0) is 62.2 Å². The number of hydrogen-bond acceptors (Lipinski definition) is 5. The van der Waals surface area contributed by atoms with Gasteiger partial charge in [0.15, 0.2) is 0 Å². The number of amides is 2. The third-order valence-electron chi connectivity index (χ3n) is 8.24. The second-order valence-electron chi connectivity index (χ2n) is 10.4. The predicted molar refractivity (Wildman–Crippen MR) is 125 cm³/mol. The zero-order valence-electron chi connectivity index (χ0n) is 19.8.